The van der Waals surface area contributed by atoms with Crippen LogP contribution in [0.15, 0.2) is 52.4 Å². The van der Waals surface area contributed by atoms with Gasteiger partial charge in [0.2, 0.25) is 16.0 Å². The highest BCUT2D eigenvalue weighted by Crippen LogP contribution is 2.38. The van der Waals surface area contributed by atoms with Gasteiger partial charge in [0.1, 0.15) is 17.2 Å². The van der Waals surface area contributed by atoms with Crippen LogP contribution >= 0.6 is 0 Å². The number of anilines is 1. The fourth-order valence-electron chi connectivity index (χ4n) is 3.48. The van der Waals surface area contributed by atoms with Crippen molar-refractivity contribution in [1.82, 2.24) is 4.31 Å². The van der Waals surface area contributed by atoms with Crippen LogP contribution in [0.1, 0.15) is 18.1 Å². The molecule has 0 amide bonds. The third kappa shape index (κ3) is 3.11. The monoisotopic (exact) mass is 401 g/mol. The first-order valence-corrected chi connectivity index (χ1v) is 10.3. The van der Waals surface area contributed by atoms with Gasteiger partial charge in [-0.3, -0.25) is 0 Å². The highest BCUT2D eigenvalue weighted by atomic mass is 32.2. The van der Waals surface area contributed by atoms with Gasteiger partial charge in [0, 0.05) is 30.8 Å². The SMILES string of the molecule is CN1C(N)=N[C@](C)(c2cc3c(cc2F)N=C(Nc2ccccc2)C3)CS1(=O)=O. The minimum absolute atomic E-state index is 0.156. The van der Waals surface area contributed by atoms with Gasteiger partial charge in [-0.15, -0.1) is 0 Å². The van der Waals surface area contributed by atoms with E-state index in [9.17, 15) is 12.8 Å². The molecule has 2 heterocycles. The topological polar surface area (TPSA) is 100 Å². The Kier molecular flexibility index (Phi) is 4.15. The number of sulfonamides is 1. The van der Waals surface area contributed by atoms with Crippen molar-refractivity contribution in [2.75, 3.05) is 18.1 Å². The van der Waals surface area contributed by atoms with Crippen molar-refractivity contribution in [3.05, 3.63) is 59.4 Å². The predicted octanol–water partition coefficient (Wildman–Crippen LogP) is 2.33. The third-order valence-corrected chi connectivity index (χ3v) is 6.94. The van der Waals surface area contributed by atoms with Gasteiger partial charge >= 0.3 is 0 Å². The van der Waals surface area contributed by atoms with Crippen molar-refractivity contribution in [2.24, 2.45) is 15.7 Å². The summed E-state index contributed by atoms with van der Waals surface area (Å²) in [5.41, 5.74) is 6.89. The number of amidine groups is 1. The zero-order valence-corrected chi connectivity index (χ0v) is 16.3. The van der Waals surface area contributed by atoms with E-state index in [-0.39, 0.29) is 17.3 Å². The summed E-state index contributed by atoms with van der Waals surface area (Å²) < 4.78 is 40.6. The summed E-state index contributed by atoms with van der Waals surface area (Å²) in [6, 6.07) is 12.5. The number of halogens is 1. The summed E-state index contributed by atoms with van der Waals surface area (Å²) in [4.78, 5) is 8.73. The maximum atomic E-state index is 14.9. The molecule has 7 nitrogen and oxygen atoms in total. The van der Waals surface area contributed by atoms with Gasteiger partial charge in [-0.05, 0) is 30.7 Å². The molecule has 28 heavy (non-hydrogen) atoms. The van der Waals surface area contributed by atoms with Crippen molar-refractivity contribution in [2.45, 2.75) is 18.9 Å². The van der Waals surface area contributed by atoms with Gasteiger partial charge in [0.05, 0.1) is 11.4 Å². The van der Waals surface area contributed by atoms with E-state index in [1.807, 2.05) is 30.3 Å². The van der Waals surface area contributed by atoms with Crippen molar-refractivity contribution in [1.29, 1.82) is 0 Å². The zero-order chi connectivity index (χ0) is 20.1. The molecule has 0 saturated carbocycles. The van der Waals surface area contributed by atoms with Gasteiger partial charge in [-0.2, -0.15) is 0 Å². The van der Waals surface area contributed by atoms with Crippen LogP contribution in [0.3, 0.4) is 0 Å². The molecule has 0 aromatic heterocycles. The number of hydrogen-bond donors (Lipinski definition) is 2. The van der Waals surface area contributed by atoms with Gasteiger partial charge < -0.3 is 11.1 Å². The van der Waals surface area contributed by atoms with Crippen LogP contribution in [0, 0.1) is 5.82 Å². The number of benzene rings is 2. The second-order valence-electron chi connectivity index (χ2n) is 7.15. The number of para-hydroxylation sites is 1. The van der Waals surface area contributed by atoms with Crippen molar-refractivity contribution >= 4 is 33.2 Å². The molecule has 2 aromatic carbocycles. The van der Waals surface area contributed by atoms with Crippen molar-refractivity contribution in [3.8, 4) is 0 Å². The van der Waals surface area contributed by atoms with Gasteiger partial charge in [-0.25, -0.2) is 27.1 Å². The Morgan fingerprint density at radius 2 is 1.96 bits per heavy atom. The molecule has 0 aliphatic carbocycles. The number of guanidine groups is 1. The van der Waals surface area contributed by atoms with E-state index in [0.717, 1.165) is 15.6 Å². The number of nitrogens with two attached hydrogens (primary N) is 1. The Hall–Kier alpha value is -2.94. The maximum absolute atomic E-state index is 14.9. The predicted molar refractivity (Wildman–Crippen MR) is 108 cm³/mol. The number of hydrogen-bond acceptors (Lipinski definition) is 6. The highest BCUT2D eigenvalue weighted by molar-refractivity contribution is 7.89. The van der Waals surface area contributed by atoms with E-state index in [1.54, 1.807) is 13.0 Å². The maximum Gasteiger partial charge on any atom is 0.239 e. The lowest BCUT2D eigenvalue weighted by molar-refractivity contribution is 0.458. The molecule has 0 fully saturated rings. The molecule has 2 aliphatic rings. The summed E-state index contributed by atoms with van der Waals surface area (Å²) in [6.45, 7) is 1.58. The van der Waals surface area contributed by atoms with Crippen LogP contribution in [0.5, 0.6) is 0 Å². The summed E-state index contributed by atoms with van der Waals surface area (Å²) in [6.07, 6.45) is 0.486. The largest absolute Gasteiger partial charge is 0.369 e. The van der Waals surface area contributed by atoms with Gasteiger partial charge in [0.15, 0.2) is 0 Å². The lowest BCUT2D eigenvalue weighted by Gasteiger charge is -2.34. The normalized spacial score (nSPS) is 23.0. The molecule has 0 radical (unpaired) electrons. The van der Waals surface area contributed by atoms with E-state index in [0.29, 0.717) is 17.9 Å². The van der Waals surface area contributed by atoms with Gasteiger partial charge in [-0.1, -0.05) is 18.2 Å². The second-order valence-corrected chi connectivity index (χ2v) is 9.15. The highest BCUT2D eigenvalue weighted by Gasteiger charge is 2.42. The average Bonchev–Trinajstić information content (AvgIpc) is 3.00. The number of fused-ring (bicyclic) bond motifs is 1. The fraction of sp³-hybridized carbons (Fsp3) is 0.263. The van der Waals surface area contributed by atoms with E-state index in [4.69, 9.17) is 5.73 Å². The second kappa shape index (κ2) is 6.30. The van der Waals surface area contributed by atoms with Crippen LogP contribution in [-0.2, 0) is 22.0 Å². The molecule has 146 valence electrons. The van der Waals surface area contributed by atoms with Crippen LogP contribution < -0.4 is 11.1 Å². The quantitative estimate of drug-likeness (QED) is 0.807. The molecule has 0 spiro atoms. The summed E-state index contributed by atoms with van der Waals surface area (Å²) in [5.74, 6) is -0.372. The smallest absolute Gasteiger partial charge is 0.239 e. The van der Waals surface area contributed by atoms with E-state index in [2.05, 4.69) is 15.3 Å². The van der Waals surface area contributed by atoms with Crippen molar-refractivity contribution in [3.63, 3.8) is 0 Å². The lowest BCUT2D eigenvalue weighted by atomic mass is 9.91. The zero-order valence-electron chi connectivity index (χ0n) is 15.5. The number of aliphatic imine (C=N–C) groups is 2. The summed E-state index contributed by atoms with van der Waals surface area (Å²) in [5, 5.41) is 3.22. The Labute approximate surface area is 162 Å². The minimum atomic E-state index is -3.68. The number of rotatable bonds is 2. The summed E-state index contributed by atoms with van der Waals surface area (Å²) in [7, 11) is -2.34. The number of nitrogens with zero attached hydrogens (tertiary/aromatic N) is 3. The molecular formula is C19H20FN5O2S. The third-order valence-electron chi connectivity index (χ3n) is 4.99. The first-order chi connectivity index (χ1) is 13.2. The molecule has 1 atom stereocenters. The molecule has 2 aromatic rings. The van der Waals surface area contributed by atoms with Crippen LogP contribution in [0.4, 0.5) is 15.8 Å². The standard InChI is InChI=1S/C19H20FN5O2S/c1-19(11-28(26,27)25(2)18(21)24-19)14-8-12-9-17(23-16(12)10-15(14)20)22-13-6-4-3-5-7-13/h3-8,10H,9,11H2,1-2H3,(H2,21,24)(H,22,23)/t19-/m0/s1. The van der Waals surface area contributed by atoms with Crippen molar-refractivity contribution < 1.29 is 12.8 Å². The number of nitrogens with one attached hydrogen (secondary N) is 1. The van der Waals surface area contributed by atoms with E-state index >= 15 is 0 Å². The molecule has 4 rings (SSSR count). The summed E-state index contributed by atoms with van der Waals surface area (Å²) >= 11 is 0. The Morgan fingerprint density at radius 1 is 1.25 bits per heavy atom. The molecule has 0 bridgehead atoms. The lowest BCUT2D eigenvalue weighted by Crippen LogP contribution is -2.50. The Morgan fingerprint density at radius 3 is 2.64 bits per heavy atom. The minimum Gasteiger partial charge on any atom is -0.369 e. The Bertz CT molecular complexity index is 1110. The van der Waals surface area contributed by atoms with E-state index in [1.165, 1.54) is 13.1 Å². The molecule has 9 heteroatoms. The van der Waals surface area contributed by atoms with Crippen LogP contribution in [0.25, 0.3) is 0 Å². The van der Waals surface area contributed by atoms with E-state index < -0.39 is 21.4 Å². The van der Waals surface area contributed by atoms with Crippen LogP contribution in [-0.4, -0.2) is 37.3 Å². The molecule has 0 unspecified atom stereocenters. The van der Waals surface area contributed by atoms with Gasteiger partial charge in [0.25, 0.3) is 0 Å². The average molecular weight is 401 g/mol. The molecule has 0 saturated heterocycles. The molecular weight excluding hydrogens is 381 g/mol. The molecule has 2 aliphatic heterocycles. The van der Waals surface area contributed by atoms with Crippen LogP contribution in [0.2, 0.25) is 0 Å². The molecule has 3 N–H and O–H groups in total. The fourth-order valence-corrected chi connectivity index (χ4v) is 4.93. The Balaban J connectivity index is 1.67. The first kappa shape index (κ1) is 18.4. The first-order valence-electron chi connectivity index (χ1n) is 8.72.